The summed E-state index contributed by atoms with van der Waals surface area (Å²) in [5, 5.41) is 3.19. The van der Waals surface area contributed by atoms with Crippen molar-refractivity contribution < 1.29 is 13.2 Å². The van der Waals surface area contributed by atoms with Crippen LogP contribution in [0.4, 0.5) is 5.69 Å². The Morgan fingerprint density at radius 3 is 2.45 bits per heavy atom. The zero-order valence-electron chi connectivity index (χ0n) is 12.0. The Morgan fingerprint density at radius 1 is 1.40 bits per heavy atom. The van der Waals surface area contributed by atoms with Crippen LogP contribution in [0.5, 0.6) is 0 Å². The highest BCUT2D eigenvalue weighted by molar-refractivity contribution is 7.88. The van der Waals surface area contributed by atoms with Gasteiger partial charge in [0.1, 0.15) is 0 Å². The van der Waals surface area contributed by atoms with E-state index in [0.29, 0.717) is 10.7 Å². The van der Waals surface area contributed by atoms with E-state index < -0.39 is 15.9 Å². The van der Waals surface area contributed by atoms with Gasteiger partial charge in [-0.3, -0.25) is 4.79 Å². The molecule has 0 aromatic heterocycles. The number of anilines is 1. The third-order valence-electron chi connectivity index (χ3n) is 2.76. The van der Waals surface area contributed by atoms with E-state index in [-0.39, 0.29) is 12.6 Å². The predicted molar refractivity (Wildman–Crippen MR) is 81.5 cm³/mol. The van der Waals surface area contributed by atoms with Crippen molar-refractivity contribution in [2.45, 2.75) is 26.8 Å². The van der Waals surface area contributed by atoms with Crippen molar-refractivity contribution in [3.63, 3.8) is 0 Å². The summed E-state index contributed by atoms with van der Waals surface area (Å²) in [4.78, 5) is 11.9. The molecule has 0 aliphatic rings. The van der Waals surface area contributed by atoms with Crippen LogP contribution >= 0.6 is 11.6 Å². The largest absolute Gasteiger partial charge is 0.325 e. The second-order valence-corrected chi connectivity index (χ2v) is 7.26. The fourth-order valence-electron chi connectivity index (χ4n) is 1.70. The standard InChI is InChI=1S/C13H19ClN2O3S/c1-9(2)16(20(4,18)19)8-13(17)15-11-6-5-10(3)12(14)7-11/h5-7,9H,8H2,1-4H3,(H,15,17). The van der Waals surface area contributed by atoms with Crippen LogP contribution in [0.25, 0.3) is 0 Å². The highest BCUT2D eigenvalue weighted by Crippen LogP contribution is 2.20. The van der Waals surface area contributed by atoms with Crippen molar-refractivity contribution >= 4 is 33.2 Å². The lowest BCUT2D eigenvalue weighted by atomic mass is 10.2. The van der Waals surface area contributed by atoms with E-state index in [1.165, 1.54) is 0 Å². The van der Waals surface area contributed by atoms with E-state index in [2.05, 4.69) is 5.32 Å². The molecule has 20 heavy (non-hydrogen) atoms. The van der Waals surface area contributed by atoms with E-state index in [9.17, 15) is 13.2 Å². The summed E-state index contributed by atoms with van der Waals surface area (Å²) >= 11 is 5.97. The second kappa shape index (κ2) is 6.56. The van der Waals surface area contributed by atoms with Crippen molar-refractivity contribution in [3.05, 3.63) is 28.8 Å². The topological polar surface area (TPSA) is 66.5 Å². The first-order chi connectivity index (χ1) is 9.11. The van der Waals surface area contributed by atoms with Crippen LogP contribution in [0.15, 0.2) is 18.2 Å². The minimum absolute atomic E-state index is 0.220. The van der Waals surface area contributed by atoms with Crippen molar-refractivity contribution in [3.8, 4) is 0 Å². The smallest absolute Gasteiger partial charge is 0.239 e. The molecule has 0 radical (unpaired) electrons. The molecule has 0 aliphatic carbocycles. The molecule has 1 aromatic rings. The molecule has 5 nitrogen and oxygen atoms in total. The van der Waals surface area contributed by atoms with Crippen molar-refractivity contribution in [2.75, 3.05) is 18.1 Å². The van der Waals surface area contributed by atoms with Gasteiger partial charge in [0.25, 0.3) is 0 Å². The molecule has 0 heterocycles. The van der Waals surface area contributed by atoms with Crippen LogP contribution in [0, 0.1) is 6.92 Å². The van der Waals surface area contributed by atoms with Gasteiger partial charge in [0.15, 0.2) is 0 Å². The Hall–Kier alpha value is -1.11. The summed E-state index contributed by atoms with van der Waals surface area (Å²) in [6.07, 6.45) is 1.09. The number of rotatable bonds is 5. The zero-order chi connectivity index (χ0) is 15.5. The SMILES string of the molecule is Cc1ccc(NC(=O)CN(C(C)C)S(C)(=O)=O)cc1Cl. The third-order valence-corrected chi connectivity index (χ3v) is 4.57. The summed E-state index contributed by atoms with van der Waals surface area (Å²) in [6, 6.07) is 4.86. The first-order valence-corrected chi connectivity index (χ1v) is 8.36. The lowest BCUT2D eigenvalue weighted by Crippen LogP contribution is -2.41. The molecular formula is C13H19ClN2O3S. The van der Waals surface area contributed by atoms with E-state index in [1.807, 2.05) is 6.92 Å². The quantitative estimate of drug-likeness (QED) is 0.905. The summed E-state index contributed by atoms with van der Waals surface area (Å²) in [7, 11) is -3.42. The Balaban J connectivity index is 2.78. The average molecular weight is 319 g/mol. The van der Waals surface area contributed by atoms with Crippen molar-refractivity contribution in [1.82, 2.24) is 4.31 Å². The van der Waals surface area contributed by atoms with E-state index in [0.717, 1.165) is 16.1 Å². The number of benzene rings is 1. The number of halogens is 1. The van der Waals surface area contributed by atoms with E-state index in [4.69, 9.17) is 11.6 Å². The summed E-state index contributed by atoms with van der Waals surface area (Å²) < 4.78 is 24.3. The van der Waals surface area contributed by atoms with Crippen LogP contribution < -0.4 is 5.32 Å². The normalized spacial score (nSPS) is 11.9. The molecule has 7 heteroatoms. The highest BCUT2D eigenvalue weighted by atomic mass is 35.5. The van der Waals surface area contributed by atoms with Gasteiger partial charge in [-0.15, -0.1) is 0 Å². The summed E-state index contributed by atoms with van der Waals surface area (Å²) in [5.74, 6) is -0.399. The Bertz CT molecular complexity index is 600. The number of amides is 1. The van der Waals surface area contributed by atoms with Gasteiger partial charge in [-0.1, -0.05) is 17.7 Å². The number of nitrogens with one attached hydrogen (secondary N) is 1. The average Bonchev–Trinajstić information content (AvgIpc) is 2.29. The predicted octanol–water partition coefficient (Wildman–Crippen LogP) is 2.26. The zero-order valence-corrected chi connectivity index (χ0v) is 13.5. The lowest BCUT2D eigenvalue weighted by Gasteiger charge is -2.23. The Labute approximate surface area is 125 Å². The van der Waals surface area contributed by atoms with Gasteiger partial charge in [0, 0.05) is 16.8 Å². The molecule has 1 rings (SSSR count). The van der Waals surface area contributed by atoms with Crippen LogP contribution in [-0.2, 0) is 14.8 Å². The van der Waals surface area contributed by atoms with Crippen LogP contribution in [-0.4, -0.2) is 37.5 Å². The minimum Gasteiger partial charge on any atom is -0.325 e. The molecule has 112 valence electrons. The number of hydrogen-bond donors (Lipinski definition) is 1. The van der Waals surface area contributed by atoms with Crippen LogP contribution in [0.3, 0.4) is 0 Å². The third kappa shape index (κ3) is 4.77. The molecule has 1 aromatic carbocycles. The molecule has 0 aliphatic heterocycles. The summed E-state index contributed by atoms with van der Waals surface area (Å²) in [5.41, 5.74) is 1.45. The number of nitrogens with zero attached hydrogens (tertiary/aromatic N) is 1. The first-order valence-electron chi connectivity index (χ1n) is 6.14. The number of carbonyl (C=O) groups excluding carboxylic acids is 1. The summed E-state index contributed by atoms with van der Waals surface area (Å²) in [6.45, 7) is 5.08. The fraction of sp³-hybridized carbons (Fsp3) is 0.462. The highest BCUT2D eigenvalue weighted by Gasteiger charge is 2.23. The Kier molecular flexibility index (Phi) is 5.56. The number of sulfonamides is 1. The molecule has 0 unspecified atom stereocenters. The minimum atomic E-state index is -3.42. The molecule has 0 saturated carbocycles. The van der Waals surface area contributed by atoms with Gasteiger partial charge in [-0.05, 0) is 38.5 Å². The van der Waals surface area contributed by atoms with E-state index >= 15 is 0 Å². The number of hydrogen-bond acceptors (Lipinski definition) is 3. The Morgan fingerprint density at radius 2 is 2.00 bits per heavy atom. The van der Waals surface area contributed by atoms with Gasteiger partial charge in [-0.2, -0.15) is 4.31 Å². The maximum absolute atomic E-state index is 11.9. The molecule has 0 fully saturated rings. The molecule has 1 amide bonds. The monoisotopic (exact) mass is 318 g/mol. The maximum Gasteiger partial charge on any atom is 0.239 e. The van der Waals surface area contributed by atoms with Gasteiger partial charge in [-0.25, -0.2) is 8.42 Å². The van der Waals surface area contributed by atoms with Crippen LogP contribution in [0.1, 0.15) is 19.4 Å². The number of carbonyl (C=O) groups is 1. The molecule has 0 atom stereocenters. The second-order valence-electron chi connectivity index (χ2n) is 4.91. The van der Waals surface area contributed by atoms with Crippen molar-refractivity contribution in [1.29, 1.82) is 0 Å². The van der Waals surface area contributed by atoms with Gasteiger partial charge in [0.05, 0.1) is 12.8 Å². The van der Waals surface area contributed by atoms with Gasteiger partial charge < -0.3 is 5.32 Å². The maximum atomic E-state index is 11.9. The molecule has 0 bridgehead atoms. The van der Waals surface area contributed by atoms with Crippen LogP contribution in [0.2, 0.25) is 5.02 Å². The molecule has 1 N–H and O–H groups in total. The van der Waals surface area contributed by atoms with E-state index in [1.54, 1.807) is 32.0 Å². The van der Waals surface area contributed by atoms with Crippen molar-refractivity contribution in [2.24, 2.45) is 0 Å². The molecule has 0 spiro atoms. The first kappa shape index (κ1) is 16.9. The number of aryl methyl sites for hydroxylation is 1. The lowest BCUT2D eigenvalue weighted by molar-refractivity contribution is -0.116. The molecule has 0 saturated heterocycles. The van der Waals surface area contributed by atoms with Gasteiger partial charge >= 0.3 is 0 Å². The van der Waals surface area contributed by atoms with Gasteiger partial charge in [0.2, 0.25) is 15.9 Å². The fourth-order valence-corrected chi connectivity index (χ4v) is 2.99. The molecular weight excluding hydrogens is 300 g/mol.